The summed E-state index contributed by atoms with van der Waals surface area (Å²) < 4.78 is 123. The van der Waals surface area contributed by atoms with Crippen LogP contribution in [0.15, 0.2) is 54.1 Å². The van der Waals surface area contributed by atoms with Crippen LogP contribution < -0.4 is 10.1 Å². The number of aliphatic hydroxyl groups excluding tert-OH is 1. The third-order valence-electron chi connectivity index (χ3n) is 10.1. The molecule has 1 aliphatic carbocycles. The molecule has 1 aromatic heterocycles. The molecule has 11 nitrogen and oxygen atoms in total. The summed E-state index contributed by atoms with van der Waals surface area (Å²) in [6.07, 6.45) is -7.14. The molecule has 55 heavy (non-hydrogen) atoms. The van der Waals surface area contributed by atoms with Crippen LogP contribution in [0.1, 0.15) is 48.9 Å². The Hall–Kier alpha value is -4.88. The van der Waals surface area contributed by atoms with Crippen LogP contribution in [0.5, 0.6) is 5.75 Å². The number of carbonyl (C=O) groups excluding carboxylic acids is 2. The van der Waals surface area contributed by atoms with Gasteiger partial charge in [-0.15, -0.1) is 0 Å². The Morgan fingerprint density at radius 2 is 1.67 bits per heavy atom. The number of halogens is 8. The molecule has 2 aromatic carbocycles. The van der Waals surface area contributed by atoms with Gasteiger partial charge in [-0.05, 0) is 43.2 Å². The van der Waals surface area contributed by atoms with Crippen molar-refractivity contribution in [3.05, 3.63) is 82.5 Å². The van der Waals surface area contributed by atoms with Crippen LogP contribution in [-0.4, -0.2) is 93.8 Å². The molecule has 2 N–H and O–H groups in total. The predicted molar refractivity (Wildman–Crippen MR) is 179 cm³/mol. The van der Waals surface area contributed by atoms with Gasteiger partial charge in [0.05, 0.1) is 42.2 Å². The van der Waals surface area contributed by atoms with Crippen molar-refractivity contribution in [3.63, 3.8) is 0 Å². The topological polar surface area (TPSA) is 120 Å². The second kappa shape index (κ2) is 15.7. The maximum Gasteiger partial charge on any atom is 0.433 e. The standard InChI is InChI=1S/C36H36F8N6O5/c1-48-34(9-3-2-4-10-34)31(51)28(33(53)50(48)19-21-5-8-26(30(38)29(21)37)55-16-13-49-11-14-54-15-12-49)32(52)47-24-7-6-22(35(39,40)41)17-23(24)25-18-27(36(42,43)44)46-20-45-25/h5-8,17-18,20,51H,2-4,9-16,19H2,1H3,(H,47,52). The summed E-state index contributed by atoms with van der Waals surface area (Å²) in [5, 5.41) is 16.3. The number of ether oxygens (including phenoxy) is 2. The third kappa shape index (κ3) is 8.23. The minimum absolute atomic E-state index is 0.0650. The van der Waals surface area contributed by atoms with Crippen LogP contribution in [0.4, 0.5) is 40.8 Å². The van der Waals surface area contributed by atoms with Crippen molar-refractivity contribution < 1.29 is 59.3 Å². The van der Waals surface area contributed by atoms with Gasteiger partial charge in [-0.1, -0.05) is 25.3 Å². The smallest absolute Gasteiger partial charge is 0.433 e. The lowest BCUT2D eigenvalue weighted by atomic mass is 9.77. The Balaban J connectivity index is 1.32. The number of nitrogens with one attached hydrogen (secondary N) is 1. The molecule has 0 unspecified atom stereocenters. The van der Waals surface area contributed by atoms with Gasteiger partial charge in [0.2, 0.25) is 5.82 Å². The van der Waals surface area contributed by atoms with E-state index in [0.717, 1.165) is 17.5 Å². The van der Waals surface area contributed by atoms with E-state index in [-0.39, 0.29) is 30.8 Å². The second-order valence-electron chi connectivity index (χ2n) is 13.4. The highest BCUT2D eigenvalue weighted by Crippen LogP contribution is 2.44. The van der Waals surface area contributed by atoms with Crippen LogP contribution in [-0.2, 0) is 33.2 Å². The van der Waals surface area contributed by atoms with Gasteiger partial charge in [-0.3, -0.25) is 19.5 Å². The molecule has 3 aromatic rings. The largest absolute Gasteiger partial charge is 0.509 e. The number of aliphatic hydroxyl groups is 1. The van der Waals surface area contributed by atoms with Gasteiger partial charge in [0.1, 0.15) is 30.0 Å². The number of anilines is 1. The molecule has 1 spiro atoms. The number of hydrogen-bond acceptors (Lipinski definition) is 9. The van der Waals surface area contributed by atoms with Gasteiger partial charge in [-0.25, -0.2) is 19.4 Å². The van der Waals surface area contributed by atoms with Gasteiger partial charge >= 0.3 is 12.4 Å². The highest BCUT2D eigenvalue weighted by Gasteiger charge is 2.52. The Morgan fingerprint density at radius 1 is 0.964 bits per heavy atom. The van der Waals surface area contributed by atoms with Crippen LogP contribution in [0, 0.1) is 11.6 Å². The first-order valence-corrected chi connectivity index (χ1v) is 17.3. The molecule has 1 saturated heterocycles. The second-order valence-corrected chi connectivity index (χ2v) is 13.4. The zero-order valence-electron chi connectivity index (χ0n) is 29.4. The highest BCUT2D eigenvalue weighted by atomic mass is 19.4. The number of alkyl halides is 6. The third-order valence-corrected chi connectivity index (χ3v) is 10.1. The lowest BCUT2D eigenvalue weighted by Crippen LogP contribution is -2.63. The van der Waals surface area contributed by atoms with Crippen molar-refractivity contribution in [2.45, 2.75) is 56.5 Å². The fourth-order valence-corrected chi connectivity index (χ4v) is 7.03. The minimum Gasteiger partial charge on any atom is -0.509 e. The molecule has 3 aliphatic rings. The summed E-state index contributed by atoms with van der Waals surface area (Å²) in [6, 6.07) is 4.65. The number of morpholine rings is 1. The summed E-state index contributed by atoms with van der Waals surface area (Å²) in [5.41, 5.74) is -6.94. The number of carbonyl (C=O) groups is 2. The molecule has 0 radical (unpaired) electrons. The lowest BCUT2D eigenvalue weighted by Gasteiger charge is -2.51. The summed E-state index contributed by atoms with van der Waals surface area (Å²) in [5.74, 6) is -6.10. The van der Waals surface area contributed by atoms with E-state index in [1.54, 1.807) is 0 Å². The normalized spacial score (nSPS) is 18.6. The molecule has 19 heteroatoms. The molecular weight excluding hydrogens is 748 g/mol. The Bertz CT molecular complexity index is 1960. The van der Waals surface area contributed by atoms with E-state index in [1.807, 2.05) is 4.90 Å². The summed E-state index contributed by atoms with van der Waals surface area (Å²) >= 11 is 0. The molecule has 2 amide bonds. The molecular formula is C36H36F8N6O5. The average molecular weight is 785 g/mol. The summed E-state index contributed by atoms with van der Waals surface area (Å²) in [6.45, 7) is 2.33. The Labute approximate surface area is 309 Å². The number of nitrogens with zero attached hydrogens (tertiary/aromatic N) is 5. The fourth-order valence-electron chi connectivity index (χ4n) is 7.03. The molecule has 0 atom stereocenters. The monoisotopic (exact) mass is 784 g/mol. The van der Waals surface area contributed by atoms with E-state index < -0.39 is 87.4 Å². The molecule has 1 saturated carbocycles. The van der Waals surface area contributed by atoms with E-state index >= 15 is 8.78 Å². The van der Waals surface area contributed by atoms with E-state index in [1.165, 1.54) is 24.2 Å². The van der Waals surface area contributed by atoms with Crippen molar-refractivity contribution in [2.75, 3.05) is 51.8 Å². The van der Waals surface area contributed by atoms with Crippen LogP contribution in [0.2, 0.25) is 0 Å². The SMILES string of the molecule is CN1N(Cc2ccc(OCCN3CCOCC3)c(F)c2F)C(=O)C(C(=O)Nc2ccc(C(F)(F)F)cc2-c2cc(C(F)(F)F)ncn2)=C(O)C12CCCCC2. The zero-order valence-corrected chi connectivity index (χ0v) is 29.4. The zero-order chi connectivity index (χ0) is 39.7. The quantitative estimate of drug-likeness (QED) is 0.185. The molecule has 0 bridgehead atoms. The number of hydrogen-bond donors (Lipinski definition) is 2. The predicted octanol–water partition coefficient (Wildman–Crippen LogP) is 6.51. The van der Waals surface area contributed by atoms with Crippen molar-refractivity contribution in [1.82, 2.24) is 24.9 Å². The lowest BCUT2D eigenvalue weighted by molar-refractivity contribution is -0.166. The molecule has 2 aliphatic heterocycles. The fraction of sp³-hybridized carbons (Fsp3) is 0.444. The van der Waals surface area contributed by atoms with Crippen LogP contribution in [0.25, 0.3) is 11.3 Å². The van der Waals surface area contributed by atoms with Crippen LogP contribution >= 0.6 is 0 Å². The van der Waals surface area contributed by atoms with Gasteiger partial charge in [0.15, 0.2) is 11.6 Å². The number of aromatic nitrogens is 2. The molecule has 6 rings (SSSR count). The first-order valence-electron chi connectivity index (χ1n) is 17.3. The van der Waals surface area contributed by atoms with Gasteiger partial charge in [-0.2, -0.15) is 30.7 Å². The maximum atomic E-state index is 15.6. The first kappa shape index (κ1) is 39.8. The Morgan fingerprint density at radius 3 is 2.35 bits per heavy atom. The number of rotatable bonds is 9. The molecule has 296 valence electrons. The summed E-state index contributed by atoms with van der Waals surface area (Å²) in [4.78, 5) is 37.0. The number of amides is 2. The van der Waals surface area contributed by atoms with Crippen molar-refractivity contribution >= 4 is 17.5 Å². The van der Waals surface area contributed by atoms with Crippen molar-refractivity contribution in [3.8, 4) is 17.0 Å². The van der Waals surface area contributed by atoms with Gasteiger partial charge in [0.25, 0.3) is 11.8 Å². The van der Waals surface area contributed by atoms with E-state index in [4.69, 9.17) is 9.47 Å². The van der Waals surface area contributed by atoms with E-state index in [0.29, 0.717) is 70.2 Å². The molecule has 2 fully saturated rings. The van der Waals surface area contributed by atoms with Crippen molar-refractivity contribution in [2.24, 2.45) is 0 Å². The van der Waals surface area contributed by atoms with E-state index in [9.17, 15) is 41.0 Å². The average Bonchev–Trinajstić information content (AvgIpc) is 3.15. The van der Waals surface area contributed by atoms with Gasteiger partial charge < -0.3 is 19.9 Å². The number of likely N-dealkylation sites (N-methyl/N-ethyl adjacent to an activating group) is 1. The van der Waals surface area contributed by atoms with Crippen molar-refractivity contribution in [1.29, 1.82) is 0 Å². The molecule has 3 heterocycles. The summed E-state index contributed by atoms with van der Waals surface area (Å²) in [7, 11) is 1.45. The number of benzene rings is 2. The maximum absolute atomic E-state index is 15.6. The highest BCUT2D eigenvalue weighted by molar-refractivity contribution is 6.24. The van der Waals surface area contributed by atoms with Gasteiger partial charge in [0, 0.05) is 37.8 Å². The number of hydrazine groups is 1. The van der Waals surface area contributed by atoms with Crippen LogP contribution in [0.3, 0.4) is 0 Å². The first-order chi connectivity index (χ1) is 26.0. The minimum atomic E-state index is -4.99. The van der Waals surface area contributed by atoms with E-state index in [2.05, 4.69) is 15.3 Å². The Kier molecular flexibility index (Phi) is 11.4.